The highest BCUT2D eigenvalue weighted by Gasteiger charge is 2.21. The second-order valence-electron chi connectivity index (χ2n) is 5.08. The van der Waals surface area contributed by atoms with Crippen molar-refractivity contribution >= 4 is 5.97 Å². The topological polar surface area (TPSA) is 83.0 Å². The van der Waals surface area contributed by atoms with Crippen LogP contribution < -0.4 is 0 Å². The molecule has 0 N–H and O–H groups in total. The van der Waals surface area contributed by atoms with E-state index in [4.69, 9.17) is 9.15 Å². The summed E-state index contributed by atoms with van der Waals surface area (Å²) in [5.41, 5.74) is 2.67. The zero-order valence-electron chi connectivity index (χ0n) is 13.1. The van der Waals surface area contributed by atoms with E-state index in [9.17, 15) is 4.79 Å². The van der Waals surface area contributed by atoms with Crippen molar-refractivity contribution in [2.75, 3.05) is 0 Å². The highest BCUT2D eigenvalue weighted by Crippen LogP contribution is 2.19. The number of hydrogen-bond acceptors (Lipinski definition) is 6. The van der Waals surface area contributed by atoms with Gasteiger partial charge in [-0.05, 0) is 26.0 Å². The summed E-state index contributed by atoms with van der Waals surface area (Å²) in [5, 5.41) is 11.9. The molecule has 0 atom stereocenters. The van der Waals surface area contributed by atoms with E-state index >= 15 is 0 Å². The van der Waals surface area contributed by atoms with E-state index in [2.05, 4.69) is 15.3 Å². The number of nitrogens with zero attached hydrogens (tertiary/aromatic N) is 4. The maximum absolute atomic E-state index is 12.3. The summed E-state index contributed by atoms with van der Waals surface area (Å²) in [7, 11) is 0. The number of benzene rings is 1. The standard InChI is InChI=1S/C16H16N4O3/c1-10-15(16(21)22-9-14-18-17-12(3)23-14)11(2)20(19-10)13-7-5-4-6-8-13/h4-8H,9H2,1-3H3. The molecule has 7 heteroatoms. The smallest absolute Gasteiger partial charge is 0.342 e. The fraction of sp³-hybridized carbons (Fsp3) is 0.250. The van der Waals surface area contributed by atoms with Crippen molar-refractivity contribution in [2.24, 2.45) is 0 Å². The Balaban J connectivity index is 1.82. The Morgan fingerprint density at radius 3 is 2.57 bits per heavy atom. The van der Waals surface area contributed by atoms with Crippen LogP contribution in [0.25, 0.3) is 5.69 Å². The molecule has 0 amide bonds. The molecule has 0 fully saturated rings. The first kappa shape index (κ1) is 15.0. The summed E-state index contributed by atoms with van der Waals surface area (Å²) >= 11 is 0. The summed E-state index contributed by atoms with van der Waals surface area (Å²) in [4.78, 5) is 12.3. The largest absolute Gasteiger partial charge is 0.452 e. The highest BCUT2D eigenvalue weighted by molar-refractivity contribution is 5.92. The van der Waals surface area contributed by atoms with Crippen molar-refractivity contribution in [3.8, 4) is 5.69 Å². The Kier molecular flexibility index (Phi) is 3.92. The third-order valence-electron chi connectivity index (χ3n) is 3.39. The zero-order chi connectivity index (χ0) is 16.4. The number of ether oxygens (including phenoxy) is 1. The first-order valence-electron chi connectivity index (χ1n) is 7.14. The normalized spacial score (nSPS) is 10.7. The summed E-state index contributed by atoms with van der Waals surface area (Å²) in [5.74, 6) is 0.236. The molecule has 0 radical (unpaired) electrons. The van der Waals surface area contributed by atoms with Gasteiger partial charge in [-0.3, -0.25) is 0 Å². The molecule has 2 aromatic heterocycles. The minimum atomic E-state index is -0.460. The molecule has 0 aliphatic carbocycles. The van der Waals surface area contributed by atoms with Crippen LogP contribution in [0.3, 0.4) is 0 Å². The average Bonchev–Trinajstić information content (AvgIpc) is 3.09. The number of carbonyl (C=O) groups excluding carboxylic acids is 1. The molecule has 2 heterocycles. The zero-order valence-corrected chi connectivity index (χ0v) is 13.1. The van der Waals surface area contributed by atoms with Crippen LogP contribution in [0.1, 0.15) is 33.5 Å². The molecule has 118 valence electrons. The van der Waals surface area contributed by atoms with Crippen molar-refractivity contribution < 1.29 is 13.9 Å². The van der Waals surface area contributed by atoms with Gasteiger partial charge in [0.2, 0.25) is 5.89 Å². The fourth-order valence-electron chi connectivity index (χ4n) is 2.35. The number of hydrogen-bond donors (Lipinski definition) is 0. The van der Waals surface area contributed by atoms with Crippen LogP contribution in [0, 0.1) is 20.8 Å². The van der Waals surface area contributed by atoms with Crippen molar-refractivity contribution in [1.82, 2.24) is 20.0 Å². The summed E-state index contributed by atoms with van der Waals surface area (Å²) < 4.78 is 12.2. The van der Waals surface area contributed by atoms with Gasteiger partial charge in [-0.1, -0.05) is 18.2 Å². The van der Waals surface area contributed by atoms with Gasteiger partial charge in [0.1, 0.15) is 5.56 Å². The van der Waals surface area contributed by atoms with E-state index < -0.39 is 5.97 Å². The Morgan fingerprint density at radius 2 is 1.91 bits per heavy atom. The Labute approximate surface area is 132 Å². The predicted molar refractivity (Wildman–Crippen MR) is 81.2 cm³/mol. The first-order chi connectivity index (χ1) is 11.1. The Morgan fingerprint density at radius 1 is 1.17 bits per heavy atom. The highest BCUT2D eigenvalue weighted by atomic mass is 16.5. The molecule has 0 saturated heterocycles. The maximum atomic E-state index is 12.3. The molecule has 0 spiro atoms. The monoisotopic (exact) mass is 312 g/mol. The van der Waals surface area contributed by atoms with Gasteiger partial charge in [-0.2, -0.15) is 5.10 Å². The van der Waals surface area contributed by atoms with Crippen molar-refractivity contribution in [2.45, 2.75) is 27.4 Å². The number of esters is 1. The molecule has 0 bridgehead atoms. The van der Waals surface area contributed by atoms with E-state index in [0.29, 0.717) is 17.1 Å². The van der Waals surface area contributed by atoms with Gasteiger partial charge < -0.3 is 9.15 Å². The number of rotatable bonds is 4. The van der Waals surface area contributed by atoms with Crippen LogP contribution in [0.15, 0.2) is 34.7 Å². The fourth-order valence-corrected chi connectivity index (χ4v) is 2.35. The quantitative estimate of drug-likeness (QED) is 0.688. The lowest BCUT2D eigenvalue weighted by Crippen LogP contribution is -2.08. The van der Waals surface area contributed by atoms with Gasteiger partial charge in [0, 0.05) is 6.92 Å². The molecule has 3 rings (SSSR count). The third-order valence-corrected chi connectivity index (χ3v) is 3.39. The van der Waals surface area contributed by atoms with E-state index in [1.165, 1.54) is 0 Å². The van der Waals surface area contributed by atoms with Gasteiger partial charge in [0.25, 0.3) is 5.89 Å². The summed E-state index contributed by atoms with van der Waals surface area (Å²) in [6, 6.07) is 9.62. The molecule has 3 aromatic rings. The van der Waals surface area contributed by atoms with E-state index in [-0.39, 0.29) is 12.5 Å². The van der Waals surface area contributed by atoms with Crippen LogP contribution in [0.5, 0.6) is 0 Å². The molecule has 1 aromatic carbocycles. The van der Waals surface area contributed by atoms with Crippen molar-refractivity contribution in [3.63, 3.8) is 0 Å². The molecule has 7 nitrogen and oxygen atoms in total. The number of aromatic nitrogens is 4. The Hall–Kier alpha value is -2.96. The van der Waals surface area contributed by atoms with Crippen LogP contribution in [0.4, 0.5) is 0 Å². The second kappa shape index (κ2) is 6.04. The number of carbonyl (C=O) groups is 1. The van der Waals surface area contributed by atoms with Gasteiger partial charge in [0.15, 0.2) is 6.61 Å². The van der Waals surface area contributed by atoms with E-state index in [1.54, 1.807) is 18.5 Å². The van der Waals surface area contributed by atoms with Crippen LogP contribution in [-0.4, -0.2) is 25.9 Å². The summed E-state index contributed by atoms with van der Waals surface area (Å²) in [6.07, 6.45) is 0. The molecule has 0 unspecified atom stereocenters. The average molecular weight is 312 g/mol. The third kappa shape index (κ3) is 2.98. The maximum Gasteiger partial charge on any atom is 0.342 e. The molecule has 0 aliphatic rings. The molecular weight excluding hydrogens is 296 g/mol. The minimum absolute atomic E-state index is 0.0604. The minimum Gasteiger partial charge on any atom is -0.452 e. The van der Waals surface area contributed by atoms with Gasteiger partial charge in [0.05, 0.1) is 17.1 Å². The van der Waals surface area contributed by atoms with E-state index in [1.807, 2.05) is 37.3 Å². The number of aryl methyl sites for hydroxylation is 2. The lowest BCUT2D eigenvalue weighted by atomic mass is 10.2. The molecule has 0 saturated carbocycles. The lowest BCUT2D eigenvalue weighted by Gasteiger charge is -2.05. The van der Waals surface area contributed by atoms with Crippen LogP contribution in [0.2, 0.25) is 0 Å². The SMILES string of the molecule is Cc1nnc(COC(=O)c2c(C)nn(-c3ccccc3)c2C)o1. The first-order valence-corrected chi connectivity index (χ1v) is 7.14. The van der Waals surface area contributed by atoms with Gasteiger partial charge in [-0.15, -0.1) is 10.2 Å². The van der Waals surface area contributed by atoms with Gasteiger partial charge in [-0.25, -0.2) is 9.48 Å². The van der Waals surface area contributed by atoms with Crippen LogP contribution >= 0.6 is 0 Å². The number of para-hydroxylation sites is 1. The molecule has 0 aliphatic heterocycles. The lowest BCUT2D eigenvalue weighted by molar-refractivity contribution is 0.0435. The Bertz CT molecular complexity index is 836. The second-order valence-corrected chi connectivity index (χ2v) is 5.08. The van der Waals surface area contributed by atoms with Crippen LogP contribution in [-0.2, 0) is 11.3 Å². The summed E-state index contributed by atoms with van der Waals surface area (Å²) in [6.45, 7) is 5.23. The van der Waals surface area contributed by atoms with Crippen molar-refractivity contribution in [1.29, 1.82) is 0 Å². The predicted octanol–water partition coefficient (Wildman–Crippen LogP) is 2.54. The molecule has 23 heavy (non-hydrogen) atoms. The van der Waals surface area contributed by atoms with Gasteiger partial charge >= 0.3 is 5.97 Å². The van der Waals surface area contributed by atoms with Crippen molar-refractivity contribution in [3.05, 3.63) is 59.1 Å². The molecular formula is C16H16N4O3. The van der Waals surface area contributed by atoms with E-state index in [0.717, 1.165) is 11.4 Å².